The van der Waals surface area contributed by atoms with Crippen molar-refractivity contribution in [2.24, 2.45) is 0 Å². The first-order chi connectivity index (χ1) is 9.16. The van der Waals surface area contributed by atoms with Gasteiger partial charge >= 0.3 is 7.12 Å². The molecule has 0 aliphatic rings. The van der Waals surface area contributed by atoms with E-state index in [9.17, 15) is 10.0 Å². The van der Waals surface area contributed by atoms with Gasteiger partial charge in [0, 0.05) is 16.5 Å². The smallest absolute Gasteiger partial charge is 0.423 e. The van der Waals surface area contributed by atoms with Gasteiger partial charge in [0.25, 0.3) is 0 Å². The highest BCUT2D eigenvalue weighted by Crippen LogP contribution is 2.18. The number of benzene rings is 2. The van der Waals surface area contributed by atoms with Crippen molar-refractivity contribution in [2.75, 3.05) is 0 Å². The van der Waals surface area contributed by atoms with E-state index in [0.717, 1.165) is 22.1 Å². The van der Waals surface area contributed by atoms with Gasteiger partial charge in [-0.05, 0) is 28.7 Å². The SMILES string of the molecule is OB(O)c1ccccc1CSCc1ccc(Cl)cc1. The van der Waals surface area contributed by atoms with Gasteiger partial charge in [0.15, 0.2) is 0 Å². The van der Waals surface area contributed by atoms with E-state index in [1.54, 1.807) is 17.8 Å². The molecule has 2 nitrogen and oxygen atoms in total. The van der Waals surface area contributed by atoms with Crippen molar-refractivity contribution in [1.29, 1.82) is 0 Å². The fraction of sp³-hybridized carbons (Fsp3) is 0.143. The molecule has 2 rings (SSSR count). The molecule has 0 fully saturated rings. The van der Waals surface area contributed by atoms with Gasteiger partial charge in [0.05, 0.1) is 0 Å². The Bertz CT molecular complexity index is 531. The van der Waals surface area contributed by atoms with Crippen molar-refractivity contribution in [2.45, 2.75) is 11.5 Å². The Morgan fingerprint density at radius 1 is 0.947 bits per heavy atom. The molecule has 2 N–H and O–H groups in total. The van der Waals surface area contributed by atoms with Crippen molar-refractivity contribution >= 4 is 35.9 Å². The fourth-order valence-electron chi connectivity index (χ4n) is 1.78. The number of hydrogen-bond acceptors (Lipinski definition) is 3. The second-order valence-electron chi connectivity index (χ2n) is 4.19. The standard InChI is InChI=1S/C14H14BClO2S/c16-13-7-5-11(6-8-13)9-19-10-12-3-1-2-4-14(12)15(17)18/h1-8,17-18H,9-10H2. The van der Waals surface area contributed by atoms with Crippen molar-refractivity contribution < 1.29 is 10.0 Å². The molecule has 0 amide bonds. The van der Waals surface area contributed by atoms with Crippen molar-refractivity contribution in [3.05, 3.63) is 64.7 Å². The van der Waals surface area contributed by atoms with E-state index in [4.69, 9.17) is 11.6 Å². The Kier molecular flexibility index (Phi) is 5.34. The van der Waals surface area contributed by atoms with Gasteiger partial charge in [-0.25, -0.2) is 0 Å². The van der Waals surface area contributed by atoms with E-state index in [-0.39, 0.29) is 0 Å². The van der Waals surface area contributed by atoms with Gasteiger partial charge in [0.1, 0.15) is 0 Å². The summed E-state index contributed by atoms with van der Waals surface area (Å²) in [6.07, 6.45) is 0. The zero-order valence-electron chi connectivity index (χ0n) is 10.3. The Morgan fingerprint density at radius 3 is 2.32 bits per heavy atom. The summed E-state index contributed by atoms with van der Waals surface area (Å²) >= 11 is 7.57. The average Bonchev–Trinajstić information content (AvgIpc) is 2.41. The Balaban J connectivity index is 1.94. The lowest BCUT2D eigenvalue weighted by Gasteiger charge is -2.08. The first-order valence-corrected chi connectivity index (χ1v) is 7.46. The Labute approximate surface area is 122 Å². The van der Waals surface area contributed by atoms with Crippen LogP contribution in [0.3, 0.4) is 0 Å². The molecule has 2 aromatic rings. The van der Waals surface area contributed by atoms with E-state index in [2.05, 4.69) is 0 Å². The monoisotopic (exact) mass is 292 g/mol. The summed E-state index contributed by atoms with van der Waals surface area (Å²) in [6, 6.07) is 15.1. The van der Waals surface area contributed by atoms with Gasteiger partial charge in [-0.2, -0.15) is 11.8 Å². The second kappa shape index (κ2) is 7.01. The highest BCUT2D eigenvalue weighted by atomic mass is 35.5. The molecule has 0 spiro atoms. The van der Waals surface area contributed by atoms with Gasteiger partial charge < -0.3 is 10.0 Å². The number of rotatable bonds is 5. The predicted molar refractivity (Wildman–Crippen MR) is 82.7 cm³/mol. The second-order valence-corrected chi connectivity index (χ2v) is 5.61. The molecule has 0 aliphatic carbocycles. The first kappa shape index (κ1) is 14.5. The van der Waals surface area contributed by atoms with Crippen LogP contribution in [-0.2, 0) is 11.5 Å². The average molecular weight is 293 g/mol. The van der Waals surface area contributed by atoms with Gasteiger partial charge in [-0.3, -0.25) is 0 Å². The highest BCUT2D eigenvalue weighted by molar-refractivity contribution is 7.97. The minimum absolute atomic E-state index is 0.575. The molecule has 0 aliphatic heterocycles. The normalized spacial score (nSPS) is 10.5. The number of halogens is 1. The first-order valence-electron chi connectivity index (χ1n) is 5.93. The summed E-state index contributed by atoms with van der Waals surface area (Å²) in [4.78, 5) is 0. The summed E-state index contributed by atoms with van der Waals surface area (Å²) in [7, 11) is -1.41. The van der Waals surface area contributed by atoms with Crippen LogP contribution < -0.4 is 5.46 Å². The topological polar surface area (TPSA) is 40.5 Å². The van der Waals surface area contributed by atoms with Crippen LogP contribution in [0.15, 0.2) is 48.5 Å². The Morgan fingerprint density at radius 2 is 1.63 bits per heavy atom. The lowest BCUT2D eigenvalue weighted by molar-refractivity contribution is 0.425. The molecular formula is C14H14BClO2S. The minimum Gasteiger partial charge on any atom is -0.423 e. The molecule has 19 heavy (non-hydrogen) atoms. The molecule has 0 atom stereocenters. The van der Waals surface area contributed by atoms with Crippen LogP contribution in [-0.4, -0.2) is 17.2 Å². The largest absolute Gasteiger partial charge is 0.488 e. The third kappa shape index (κ3) is 4.28. The molecule has 0 saturated carbocycles. The van der Waals surface area contributed by atoms with Crippen molar-refractivity contribution in [3.8, 4) is 0 Å². The molecule has 5 heteroatoms. The quantitative estimate of drug-likeness (QED) is 0.832. The lowest BCUT2D eigenvalue weighted by Crippen LogP contribution is -2.32. The molecule has 0 heterocycles. The zero-order chi connectivity index (χ0) is 13.7. The third-order valence-corrected chi connectivity index (χ3v) is 4.08. The summed E-state index contributed by atoms with van der Waals surface area (Å²) in [5.41, 5.74) is 2.74. The van der Waals surface area contributed by atoms with Crippen LogP contribution >= 0.6 is 23.4 Å². The summed E-state index contributed by atoms with van der Waals surface area (Å²) < 4.78 is 0. The van der Waals surface area contributed by atoms with Crippen LogP contribution in [0.1, 0.15) is 11.1 Å². The fourth-order valence-corrected chi connectivity index (χ4v) is 2.92. The predicted octanol–water partition coefficient (Wildman–Crippen LogP) is 2.45. The molecular weight excluding hydrogens is 278 g/mol. The maximum Gasteiger partial charge on any atom is 0.488 e. The Hall–Kier alpha value is -0.935. The van der Waals surface area contributed by atoms with Crippen molar-refractivity contribution in [3.63, 3.8) is 0 Å². The van der Waals surface area contributed by atoms with E-state index < -0.39 is 7.12 Å². The summed E-state index contributed by atoms with van der Waals surface area (Å²) in [5, 5.41) is 19.3. The van der Waals surface area contributed by atoms with Crippen LogP contribution in [0.4, 0.5) is 0 Å². The van der Waals surface area contributed by atoms with Gasteiger partial charge in [-0.1, -0.05) is 48.0 Å². The molecule has 0 radical (unpaired) electrons. The summed E-state index contributed by atoms with van der Waals surface area (Å²) in [6.45, 7) is 0. The maximum absolute atomic E-state index is 9.28. The lowest BCUT2D eigenvalue weighted by atomic mass is 9.77. The van der Waals surface area contributed by atoms with Crippen molar-refractivity contribution in [1.82, 2.24) is 0 Å². The minimum atomic E-state index is -1.41. The molecule has 0 bridgehead atoms. The van der Waals surface area contributed by atoms with E-state index in [1.165, 1.54) is 5.56 Å². The molecule has 0 unspecified atom stereocenters. The highest BCUT2D eigenvalue weighted by Gasteiger charge is 2.14. The van der Waals surface area contributed by atoms with E-state index in [0.29, 0.717) is 5.46 Å². The molecule has 98 valence electrons. The van der Waals surface area contributed by atoms with E-state index >= 15 is 0 Å². The van der Waals surface area contributed by atoms with Crippen LogP contribution in [0.2, 0.25) is 5.02 Å². The van der Waals surface area contributed by atoms with Gasteiger partial charge in [0.2, 0.25) is 0 Å². The van der Waals surface area contributed by atoms with Crippen LogP contribution in [0.5, 0.6) is 0 Å². The van der Waals surface area contributed by atoms with Crippen LogP contribution in [0, 0.1) is 0 Å². The maximum atomic E-state index is 9.28. The molecule has 2 aromatic carbocycles. The van der Waals surface area contributed by atoms with Crippen LogP contribution in [0.25, 0.3) is 0 Å². The summed E-state index contributed by atoms with van der Waals surface area (Å²) in [5.74, 6) is 1.61. The zero-order valence-corrected chi connectivity index (χ0v) is 11.9. The van der Waals surface area contributed by atoms with E-state index in [1.807, 2.05) is 42.5 Å². The molecule has 0 aromatic heterocycles. The van der Waals surface area contributed by atoms with Gasteiger partial charge in [-0.15, -0.1) is 0 Å². The number of hydrogen-bond donors (Lipinski definition) is 2. The molecule has 0 saturated heterocycles. The third-order valence-electron chi connectivity index (χ3n) is 2.77. The number of thioether (sulfide) groups is 1.